The number of piperazine rings is 1. The Morgan fingerprint density at radius 3 is 2.55 bits per heavy atom. The summed E-state index contributed by atoms with van der Waals surface area (Å²) in [5.74, 6) is 1.42. The Kier molecular flexibility index (Phi) is 7.23. The number of anilines is 2. The Morgan fingerprint density at radius 1 is 1.14 bits per heavy atom. The van der Waals surface area contributed by atoms with Crippen LogP contribution in [0.4, 0.5) is 11.4 Å². The monoisotopic (exact) mass is 417 g/mol. The largest absolute Gasteiger partial charge is 0.495 e. The lowest BCUT2D eigenvalue weighted by Gasteiger charge is -2.39. The number of carbonyl (C=O) groups excluding carboxylic acids is 1. The summed E-state index contributed by atoms with van der Waals surface area (Å²) in [6.45, 7) is 7.81. The SMILES string of the molecule is CCOc1ccccc1N1CCN([C@H](C)C(=O)Nc2cc(Cl)ccc2OC)CC1. The van der Waals surface area contributed by atoms with Crippen LogP contribution in [-0.4, -0.2) is 56.7 Å². The Hall–Kier alpha value is -2.44. The van der Waals surface area contributed by atoms with Gasteiger partial charge in [0, 0.05) is 31.2 Å². The van der Waals surface area contributed by atoms with Gasteiger partial charge in [0.25, 0.3) is 0 Å². The van der Waals surface area contributed by atoms with Crippen molar-refractivity contribution in [3.8, 4) is 11.5 Å². The minimum absolute atomic E-state index is 0.0752. The van der Waals surface area contributed by atoms with Crippen LogP contribution in [0.1, 0.15) is 13.8 Å². The Bertz CT molecular complexity index is 838. The second-order valence-electron chi connectivity index (χ2n) is 6.93. The molecule has 0 bridgehead atoms. The van der Waals surface area contributed by atoms with E-state index in [9.17, 15) is 4.79 Å². The number of nitrogens with zero attached hydrogens (tertiary/aromatic N) is 2. The molecule has 0 aliphatic carbocycles. The van der Waals surface area contributed by atoms with Crippen molar-refractivity contribution in [1.29, 1.82) is 0 Å². The number of carbonyl (C=O) groups is 1. The predicted molar refractivity (Wildman–Crippen MR) is 117 cm³/mol. The summed E-state index contributed by atoms with van der Waals surface area (Å²) in [4.78, 5) is 17.3. The molecule has 0 unspecified atom stereocenters. The van der Waals surface area contributed by atoms with E-state index in [1.54, 1.807) is 25.3 Å². The number of halogens is 1. The van der Waals surface area contributed by atoms with Crippen LogP contribution in [0.5, 0.6) is 11.5 Å². The number of nitrogens with one attached hydrogen (secondary N) is 1. The van der Waals surface area contributed by atoms with E-state index in [0.29, 0.717) is 23.1 Å². The van der Waals surface area contributed by atoms with E-state index in [2.05, 4.69) is 21.2 Å². The molecule has 3 rings (SSSR count). The number of hydrogen-bond acceptors (Lipinski definition) is 5. The Balaban J connectivity index is 1.61. The van der Waals surface area contributed by atoms with E-state index in [0.717, 1.165) is 37.6 Å². The Morgan fingerprint density at radius 2 is 1.86 bits per heavy atom. The van der Waals surface area contributed by atoms with Gasteiger partial charge >= 0.3 is 0 Å². The molecule has 2 aromatic carbocycles. The fraction of sp³-hybridized carbons (Fsp3) is 0.409. The highest BCUT2D eigenvalue weighted by Gasteiger charge is 2.27. The van der Waals surface area contributed by atoms with Gasteiger partial charge in [-0.05, 0) is 44.2 Å². The summed E-state index contributed by atoms with van der Waals surface area (Å²) in [7, 11) is 1.57. The molecule has 1 fully saturated rings. The number of para-hydroxylation sites is 2. The van der Waals surface area contributed by atoms with Gasteiger partial charge in [-0.1, -0.05) is 23.7 Å². The normalized spacial score (nSPS) is 15.7. The fourth-order valence-corrected chi connectivity index (χ4v) is 3.70. The van der Waals surface area contributed by atoms with Gasteiger partial charge < -0.3 is 19.7 Å². The third kappa shape index (κ3) is 5.14. The van der Waals surface area contributed by atoms with Gasteiger partial charge in [0.15, 0.2) is 0 Å². The van der Waals surface area contributed by atoms with Crippen molar-refractivity contribution in [2.75, 3.05) is 50.1 Å². The third-order valence-corrected chi connectivity index (χ3v) is 5.40. The van der Waals surface area contributed by atoms with Gasteiger partial charge in [-0.25, -0.2) is 0 Å². The smallest absolute Gasteiger partial charge is 0.241 e. The summed E-state index contributed by atoms with van der Waals surface area (Å²) >= 11 is 6.06. The first-order valence-corrected chi connectivity index (χ1v) is 10.3. The van der Waals surface area contributed by atoms with Gasteiger partial charge in [-0.3, -0.25) is 9.69 Å². The first-order valence-electron chi connectivity index (χ1n) is 9.88. The molecule has 1 aliphatic heterocycles. The zero-order chi connectivity index (χ0) is 20.8. The molecule has 156 valence electrons. The molecule has 0 aromatic heterocycles. The van der Waals surface area contributed by atoms with Crippen LogP contribution in [0, 0.1) is 0 Å². The molecule has 1 heterocycles. The van der Waals surface area contributed by atoms with Crippen LogP contribution in [0.2, 0.25) is 5.02 Å². The lowest BCUT2D eigenvalue weighted by atomic mass is 10.2. The topological polar surface area (TPSA) is 54.0 Å². The minimum atomic E-state index is -0.261. The first-order chi connectivity index (χ1) is 14.0. The maximum Gasteiger partial charge on any atom is 0.241 e. The van der Waals surface area contributed by atoms with Crippen LogP contribution in [-0.2, 0) is 4.79 Å². The molecular weight excluding hydrogens is 390 g/mol. The molecule has 6 nitrogen and oxygen atoms in total. The maximum atomic E-state index is 12.8. The first kappa shape index (κ1) is 21.3. The number of amides is 1. The highest BCUT2D eigenvalue weighted by Crippen LogP contribution is 2.30. The second-order valence-corrected chi connectivity index (χ2v) is 7.37. The molecule has 1 aliphatic rings. The van der Waals surface area contributed by atoms with Crippen molar-refractivity contribution >= 4 is 28.9 Å². The summed E-state index contributed by atoms with van der Waals surface area (Å²) in [5.41, 5.74) is 1.69. The van der Waals surface area contributed by atoms with Crippen LogP contribution < -0.4 is 19.7 Å². The number of rotatable bonds is 7. The van der Waals surface area contributed by atoms with Crippen LogP contribution in [0.3, 0.4) is 0 Å². The average Bonchev–Trinajstić information content (AvgIpc) is 2.74. The van der Waals surface area contributed by atoms with E-state index < -0.39 is 0 Å². The summed E-state index contributed by atoms with van der Waals surface area (Å²) in [6.07, 6.45) is 0. The van der Waals surface area contributed by atoms with E-state index >= 15 is 0 Å². The van der Waals surface area contributed by atoms with Crippen molar-refractivity contribution in [3.63, 3.8) is 0 Å². The molecular formula is C22H28ClN3O3. The molecule has 1 saturated heterocycles. The molecule has 1 N–H and O–H groups in total. The van der Waals surface area contributed by atoms with Crippen LogP contribution in [0.15, 0.2) is 42.5 Å². The van der Waals surface area contributed by atoms with Crippen molar-refractivity contribution in [2.45, 2.75) is 19.9 Å². The predicted octanol–water partition coefficient (Wildman–Crippen LogP) is 3.90. The molecule has 1 atom stereocenters. The van der Waals surface area contributed by atoms with Crippen molar-refractivity contribution in [3.05, 3.63) is 47.5 Å². The van der Waals surface area contributed by atoms with Gasteiger partial charge in [-0.2, -0.15) is 0 Å². The zero-order valence-electron chi connectivity index (χ0n) is 17.2. The van der Waals surface area contributed by atoms with E-state index in [1.165, 1.54) is 0 Å². The van der Waals surface area contributed by atoms with E-state index in [-0.39, 0.29) is 11.9 Å². The highest BCUT2D eigenvalue weighted by atomic mass is 35.5. The van der Waals surface area contributed by atoms with Crippen LogP contribution in [0.25, 0.3) is 0 Å². The molecule has 0 saturated carbocycles. The lowest BCUT2D eigenvalue weighted by molar-refractivity contribution is -0.120. The standard InChI is InChI=1S/C22H28ClN3O3/c1-4-29-21-8-6-5-7-19(21)26-13-11-25(12-14-26)16(2)22(27)24-18-15-17(23)9-10-20(18)28-3/h5-10,15-16H,4,11-14H2,1-3H3,(H,24,27)/t16-/m1/s1. The third-order valence-electron chi connectivity index (χ3n) is 5.17. The summed E-state index contributed by atoms with van der Waals surface area (Å²) < 4.78 is 11.1. The Labute approximate surface area is 177 Å². The maximum absolute atomic E-state index is 12.8. The van der Waals surface area contributed by atoms with Gasteiger partial charge in [0.05, 0.1) is 31.1 Å². The zero-order valence-corrected chi connectivity index (χ0v) is 17.9. The van der Waals surface area contributed by atoms with E-state index in [1.807, 2.05) is 32.0 Å². The lowest BCUT2D eigenvalue weighted by Crippen LogP contribution is -2.52. The van der Waals surface area contributed by atoms with Crippen molar-refractivity contribution < 1.29 is 14.3 Å². The molecule has 1 amide bonds. The summed E-state index contributed by atoms with van der Waals surface area (Å²) in [5, 5.41) is 3.50. The summed E-state index contributed by atoms with van der Waals surface area (Å²) in [6, 6.07) is 13.0. The highest BCUT2D eigenvalue weighted by molar-refractivity contribution is 6.31. The molecule has 29 heavy (non-hydrogen) atoms. The van der Waals surface area contributed by atoms with Gasteiger partial charge in [-0.15, -0.1) is 0 Å². The fourth-order valence-electron chi connectivity index (χ4n) is 3.53. The molecule has 0 radical (unpaired) electrons. The average molecular weight is 418 g/mol. The van der Waals surface area contributed by atoms with E-state index in [4.69, 9.17) is 21.1 Å². The minimum Gasteiger partial charge on any atom is -0.495 e. The quantitative estimate of drug-likeness (QED) is 0.740. The number of benzene rings is 2. The van der Waals surface area contributed by atoms with Crippen molar-refractivity contribution in [1.82, 2.24) is 4.90 Å². The number of hydrogen-bond donors (Lipinski definition) is 1. The number of methoxy groups -OCH3 is 1. The van der Waals surface area contributed by atoms with Crippen LogP contribution >= 0.6 is 11.6 Å². The molecule has 7 heteroatoms. The second kappa shape index (κ2) is 9.85. The van der Waals surface area contributed by atoms with Gasteiger partial charge in [0.2, 0.25) is 5.91 Å². The van der Waals surface area contributed by atoms with Gasteiger partial charge in [0.1, 0.15) is 11.5 Å². The van der Waals surface area contributed by atoms with Crippen molar-refractivity contribution in [2.24, 2.45) is 0 Å². The number of ether oxygens (including phenoxy) is 2. The molecule has 0 spiro atoms. The molecule has 2 aromatic rings.